The summed E-state index contributed by atoms with van der Waals surface area (Å²) in [7, 11) is 0. The lowest BCUT2D eigenvalue weighted by Crippen LogP contribution is -2.25. The molecule has 2 aromatic heterocycles. The number of nitrogens with one attached hydrogen (secondary N) is 1. The summed E-state index contributed by atoms with van der Waals surface area (Å²) in [5, 5.41) is 13.4. The number of pyridine rings is 1. The molecule has 0 spiro atoms. The van der Waals surface area contributed by atoms with Gasteiger partial charge in [0.1, 0.15) is 0 Å². The number of aromatic nitrogens is 3. The maximum atomic E-state index is 13.1. The van der Waals surface area contributed by atoms with Gasteiger partial charge in [0, 0.05) is 5.69 Å². The van der Waals surface area contributed by atoms with Crippen LogP contribution in [0, 0.1) is 0 Å². The van der Waals surface area contributed by atoms with Gasteiger partial charge in [-0.2, -0.15) is 0 Å². The first-order valence-corrected chi connectivity index (χ1v) is 10.8. The van der Waals surface area contributed by atoms with E-state index in [1.807, 2.05) is 53.8 Å². The topological polar surface area (TPSA) is 59.3 Å². The highest BCUT2D eigenvalue weighted by Crippen LogP contribution is 2.30. The molecule has 0 aliphatic carbocycles. The van der Waals surface area contributed by atoms with Crippen LogP contribution in [0.1, 0.15) is 38.7 Å². The van der Waals surface area contributed by atoms with Gasteiger partial charge in [-0.05, 0) is 47.6 Å². The Balaban J connectivity index is 1.63. The number of benzene rings is 2. The van der Waals surface area contributed by atoms with E-state index in [9.17, 15) is 4.79 Å². The smallest absolute Gasteiger partial charge is 0.237 e. The number of hydrogen-bond acceptors (Lipinski definition) is 4. The molecule has 2 aromatic carbocycles. The molecule has 0 radical (unpaired) electrons. The van der Waals surface area contributed by atoms with Gasteiger partial charge < -0.3 is 5.32 Å². The lowest BCUT2D eigenvalue weighted by Gasteiger charge is -2.17. The molecule has 0 fully saturated rings. The minimum Gasteiger partial charge on any atom is -0.325 e. The largest absolute Gasteiger partial charge is 0.325 e. The first kappa shape index (κ1) is 19.5. The van der Waals surface area contributed by atoms with E-state index in [2.05, 4.69) is 47.6 Å². The van der Waals surface area contributed by atoms with Gasteiger partial charge in [0.05, 0.1) is 10.8 Å². The Kier molecular flexibility index (Phi) is 5.53. The van der Waals surface area contributed by atoms with Crippen molar-refractivity contribution < 1.29 is 4.79 Å². The van der Waals surface area contributed by atoms with E-state index < -0.39 is 0 Å². The minimum atomic E-state index is -0.262. The molecular formula is C23H24N4OS. The Hall–Kier alpha value is -2.86. The van der Waals surface area contributed by atoms with Crippen LogP contribution in [0.3, 0.4) is 0 Å². The Morgan fingerprint density at radius 2 is 1.79 bits per heavy atom. The average Bonchev–Trinajstić information content (AvgIpc) is 3.15. The van der Waals surface area contributed by atoms with Gasteiger partial charge in [-0.3, -0.25) is 9.20 Å². The highest BCUT2D eigenvalue weighted by molar-refractivity contribution is 8.00. The van der Waals surface area contributed by atoms with Crippen LogP contribution in [0.15, 0.2) is 65.8 Å². The van der Waals surface area contributed by atoms with Crippen LogP contribution < -0.4 is 5.32 Å². The molecular weight excluding hydrogens is 380 g/mol. The molecule has 4 aromatic rings. The van der Waals surface area contributed by atoms with E-state index in [-0.39, 0.29) is 11.2 Å². The molecule has 1 N–H and O–H groups in total. The van der Waals surface area contributed by atoms with Crippen LogP contribution >= 0.6 is 11.8 Å². The van der Waals surface area contributed by atoms with E-state index in [4.69, 9.17) is 0 Å². The van der Waals surface area contributed by atoms with Crippen LogP contribution in [0.5, 0.6) is 0 Å². The molecule has 6 heteroatoms. The molecule has 148 valence electrons. The fourth-order valence-corrected chi connectivity index (χ4v) is 4.44. The summed E-state index contributed by atoms with van der Waals surface area (Å²) in [6, 6.07) is 20.1. The summed E-state index contributed by atoms with van der Waals surface area (Å²) >= 11 is 1.46. The van der Waals surface area contributed by atoms with Crippen LogP contribution in [0.2, 0.25) is 0 Å². The number of amides is 1. The summed E-state index contributed by atoms with van der Waals surface area (Å²) in [5.74, 6) is 0.327. The lowest BCUT2D eigenvalue weighted by molar-refractivity contribution is -0.115. The number of carbonyl (C=O) groups is 1. The SMILES string of the molecule is CCC(Sc1nnc2ccc3ccccc3n12)C(=O)Nc1ccccc1C(C)C. The molecule has 0 aliphatic heterocycles. The number of para-hydroxylation sites is 2. The number of nitrogens with zero attached hydrogens (tertiary/aromatic N) is 3. The maximum Gasteiger partial charge on any atom is 0.237 e. The lowest BCUT2D eigenvalue weighted by atomic mass is 10.0. The Morgan fingerprint density at radius 1 is 1.03 bits per heavy atom. The van der Waals surface area contributed by atoms with Gasteiger partial charge in [0.15, 0.2) is 10.8 Å². The van der Waals surface area contributed by atoms with E-state index in [1.54, 1.807) is 0 Å². The van der Waals surface area contributed by atoms with Crippen molar-refractivity contribution in [3.05, 3.63) is 66.2 Å². The summed E-state index contributed by atoms with van der Waals surface area (Å²) in [5.41, 5.74) is 3.84. The second kappa shape index (κ2) is 8.25. The van der Waals surface area contributed by atoms with Gasteiger partial charge in [0.2, 0.25) is 5.91 Å². The van der Waals surface area contributed by atoms with Gasteiger partial charge in [-0.25, -0.2) is 0 Å². The molecule has 4 rings (SSSR count). The second-order valence-electron chi connectivity index (χ2n) is 7.31. The van der Waals surface area contributed by atoms with Crippen LogP contribution in [-0.2, 0) is 4.79 Å². The van der Waals surface area contributed by atoms with E-state index in [1.165, 1.54) is 11.8 Å². The number of thioether (sulfide) groups is 1. The monoisotopic (exact) mass is 404 g/mol. The summed E-state index contributed by atoms with van der Waals surface area (Å²) < 4.78 is 2.03. The minimum absolute atomic E-state index is 0.0115. The third-order valence-electron chi connectivity index (χ3n) is 5.00. The zero-order valence-electron chi connectivity index (χ0n) is 16.8. The van der Waals surface area contributed by atoms with E-state index in [0.29, 0.717) is 12.3 Å². The van der Waals surface area contributed by atoms with E-state index >= 15 is 0 Å². The fraction of sp³-hybridized carbons (Fsp3) is 0.261. The van der Waals surface area contributed by atoms with Crippen LogP contribution in [0.4, 0.5) is 5.69 Å². The van der Waals surface area contributed by atoms with E-state index in [0.717, 1.165) is 33.0 Å². The molecule has 1 amide bonds. The van der Waals surface area contributed by atoms with Gasteiger partial charge >= 0.3 is 0 Å². The molecule has 0 saturated carbocycles. The number of anilines is 1. The van der Waals surface area contributed by atoms with Crippen molar-refractivity contribution in [2.75, 3.05) is 5.32 Å². The fourth-order valence-electron chi connectivity index (χ4n) is 3.47. The normalized spacial score (nSPS) is 12.6. The number of rotatable bonds is 6. The number of carbonyl (C=O) groups excluding carboxylic acids is 1. The van der Waals surface area contributed by atoms with Crippen LogP contribution in [0.25, 0.3) is 16.6 Å². The second-order valence-corrected chi connectivity index (χ2v) is 8.48. The molecule has 0 bridgehead atoms. The molecule has 1 unspecified atom stereocenters. The van der Waals surface area contributed by atoms with Crippen molar-refractivity contribution >= 4 is 39.9 Å². The quantitative estimate of drug-likeness (QED) is 0.430. The molecule has 2 heterocycles. The van der Waals surface area contributed by atoms with Gasteiger partial charge in [-0.15, -0.1) is 10.2 Å². The molecule has 0 saturated heterocycles. The Labute approximate surface area is 174 Å². The van der Waals surface area contributed by atoms with Crippen molar-refractivity contribution in [2.45, 2.75) is 43.5 Å². The zero-order valence-corrected chi connectivity index (χ0v) is 17.6. The molecule has 1 atom stereocenters. The highest BCUT2D eigenvalue weighted by atomic mass is 32.2. The molecule has 29 heavy (non-hydrogen) atoms. The first-order chi connectivity index (χ1) is 14.1. The third-order valence-corrected chi connectivity index (χ3v) is 6.31. The number of hydrogen-bond donors (Lipinski definition) is 1. The van der Waals surface area contributed by atoms with Crippen molar-refractivity contribution in [1.29, 1.82) is 0 Å². The predicted molar refractivity (Wildman–Crippen MR) is 120 cm³/mol. The maximum absolute atomic E-state index is 13.1. The predicted octanol–water partition coefficient (Wildman–Crippen LogP) is 5.52. The van der Waals surface area contributed by atoms with Crippen molar-refractivity contribution in [2.24, 2.45) is 0 Å². The third kappa shape index (κ3) is 3.85. The Bertz CT molecular complexity index is 1170. The standard InChI is InChI=1S/C23H24N4OS/c1-4-20(22(28)24-18-11-7-6-10-17(18)15(2)3)29-23-26-25-21-14-13-16-9-5-8-12-19(16)27(21)23/h5-15,20H,4H2,1-3H3,(H,24,28). The number of fused-ring (bicyclic) bond motifs is 3. The average molecular weight is 405 g/mol. The van der Waals surface area contributed by atoms with Crippen LogP contribution in [-0.4, -0.2) is 25.8 Å². The summed E-state index contributed by atoms with van der Waals surface area (Å²) in [6.45, 7) is 6.28. The Morgan fingerprint density at radius 3 is 2.59 bits per heavy atom. The van der Waals surface area contributed by atoms with Gasteiger partial charge in [0.25, 0.3) is 0 Å². The first-order valence-electron chi connectivity index (χ1n) is 9.87. The summed E-state index contributed by atoms with van der Waals surface area (Å²) in [4.78, 5) is 13.1. The molecule has 5 nitrogen and oxygen atoms in total. The summed E-state index contributed by atoms with van der Waals surface area (Å²) in [6.07, 6.45) is 0.694. The van der Waals surface area contributed by atoms with Crippen molar-refractivity contribution in [3.63, 3.8) is 0 Å². The zero-order chi connectivity index (χ0) is 20.4. The van der Waals surface area contributed by atoms with Crippen molar-refractivity contribution in [1.82, 2.24) is 14.6 Å². The molecule has 0 aliphatic rings. The highest BCUT2D eigenvalue weighted by Gasteiger charge is 2.22. The van der Waals surface area contributed by atoms with Crippen molar-refractivity contribution in [3.8, 4) is 0 Å². The van der Waals surface area contributed by atoms with Gasteiger partial charge in [-0.1, -0.05) is 68.9 Å².